The number of carboxylic acids is 2. The van der Waals surface area contributed by atoms with Crippen LogP contribution in [-0.4, -0.2) is 75.3 Å². The number of carboxylic acid groups (broad SMARTS) is 2. The van der Waals surface area contributed by atoms with Gasteiger partial charge in [-0.05, 0) is 86.0 Å². The molecule has 2 N–H and O–H groups in total. The van der Waals surface area contributed by atoms with Crippen LogP contribution in [0.1, 0.15) is 96.4 Å². The Hall–Kier alpha value is -7.02. The van der Waals surface area contributed by atoms with E-state index in [1.165, 1.54) is 27.9 Å². The first kappa shape index (κ1) is 51.5. The SMILES string of the molecule is CCCCN1/C(=C\C=C2\SC(=S)N(CC(=O)Cc3ccc4c5c(ccc4c3)N(CCC(=O)O)C(/C=C/C=C3/N(CCC(=O)O)c4c(c6ccccc6c6ccccc46)C3(C)C)C5(C)C)C2=O)C(C)(C)c2ccccc21. The first-order chi connectivity index (χ1) is 35.8. The Kier molecular flexibility index (Phi) is 13.7. The van der Waals surface area contributed by atoms with Gasteiger partial charge in [0.15, 0.2) is 5.78 Å². The van der Waals surface area contributed by atoms with Crippen LogP contribution in [0, 0.1) is 0 Å². The van der Waals surface area contributed by atoms with E-state index >= 15 is 0 Å². The van der Waals surface area contributed by atoms with E-state index < -0.39 is 22.8 Å². The van der Waals surface area contributed by atoms with Crippen LogP contribution in [0.5, 0.6) is 0 Å². The lowest BCUT2D eigenvalue weighted by atomic mass is 9.77. The number of thioether (sulfide) groups is 1. The van der Waals surface area contributed by atoms with Crippen molar-refractivity contribution in [2.24, 2.45) is 0 Å². The average molecular weight is 1040 g/mol. The van der Waals surface area contributed by atoms with Gasteiger partial charge < -0.3 is 24.9 Å². The minimum Gasteiger partial charge on any atom is -0.481 e. The Bertz CT molecular complexity index is 3510. The van der Waals surface area contributed by atoms with Gasteiger partial charge in [0.05, 0.1) is 36.0 Å². The fourth-order valence-corrected chi connectivity index (χ4v) is 13.7. The van der Waals surface area contributed by atoms with Crippen molar-refractivity contribution in [1.82, 2.24) is 4.90 Å². The summed E-state index contributed by atoms with van der Waals surface area (Å²) < 4.78 is 0.369. The van der Waals surface area contributed by atoms with E-state index in [0.29, 0.717) is 22.3 Å². The molecule has 0 saturated carbocycles. The third kappa shape index (κ3) is 9.03. The zero-order chi connectivity index (χ0) is 53.1. The van der Waals surface area contributed by atoms with Crippen LogP contribution in [0.3, 0.4) is 0 Å². The summed E-state index contributed by atoms with van der Waals surface area (Å²) in [5.74, 6) is -2.13. The summed E-state index contributed by atoms with van der Waals surface area (Å²) in [7, 11) is 0. The van der Waals surface area contributed by atoms with Gasteiger partial charge >= 0.3 is 11.9 Å². The molecule has 6 aromatic carbocycles. The summed E-state index contributed by atoms with van der Waals surface area (Å²) in [5.41, 5.74) is 8.42. The van der Waals surface area contributed by atoms with E-state index in [9.17, 15) is 29.4 Å². The molecule has 1 saturated heterocycles. The molecular weight excluding hydrogens is 973 g/mol. The van der Waals surface area contributed by atoms with Gasteiger partial charge in [0.25, 0.3) is 5.91 Å². The number of benzene rings is 6. The molecule has 10 nitrogen and oxygen atoms in total. The minimum atomic E-state index is -0.881. The number of aliphatic carboxylic acids is 2. The summed E-state index contributed by atoms with van der Waals surface area (Å²) in [6.45, 7) is 16.8. The van der Waals surface area contributed by atoms with Gasteiger partial charge in [-0.25, -0.2) is 0 Å². The van der Waals surface area contributed by atoms with Crippen LogP contribution in [0.15, 0.2) is 150 Å². The molecule has 0 radical (unpaired) electrons. The Morgan fingerprint density at radius 1 is 0.667 bits per heavy atom. The van der Waals surface area contributed by atoms with E-state index in [4.69, 9.17) is 12.2 Å². The number of allylic oxidation sites excluding steroid dienone is 6. The largest absolute Gasteiger partial charge is 0.481 e. The number of anilines is 3. The fourth-order valence-electron chi connectivity index (χ4n) is 12.5. The summed E-state index contributed by atoms with van der Waals surface area (Å²) >= 11 is 6.94. The highest BCUT2D eigenvalue weighted by Gasteiger charge is 2.46. The zero-order valence-corrected chi connectivity index (χ0v) is 45.4. The fraction of sp³-hybridized carbons (Fsp3) is 0.317. The maximum Gasteiger partial charge on any atom is 0.305 e. The number of hydrogen-bond donors (Lipinski definition) is 2. The quantitative estimate of drug-likeness (QED) is 0.0547. The molecular formula is C63H64N4O6S2. The maximum atomic E-state index is 13.9. The number of thiocarbonyl (C=S) groups is 1. The van der Waals surface area contributed by atoms with E-state index in [-0.39, 0.29) is 49.0 Å². The predicted molar refractivity (Wildman–Crippen MR) is 310 cm³/mol. The van der Waals surface area contributed by atoms with Crippen LogP contribution in [0.2, 0.25) is 0 Å². The Morgan fingerprint density at radius 2 is 1.32 bits per heavy atom. The number of hydrogen-bond acceptors (Lipinski definition) is 9. The Balaban J connectivity index is 0.907. The van der Waals surface area contributed by atoms with Gasteiger partial charge in [0, 0.05) is 70.5 Å². The summed E-state index contributed by atoms with van der Waals surface area (Å²) in [6, 6.07) is 35.2. The standard InChI is InChI=1S/C63H64N4O6S2/c1-8-9-33-64-48-22-15-14-21-47(48)61(2,3)53(64)30-29-50-59(73)67(60(74)75-50)38-41(68)37-39-25-27-42-40(36-39)26-28-49-56(42)62(4,5)51(65(49)34-31-54(69)70)23-16-24-52-63(6,7)57-45-19-12-10-17-43(45)44-18-11-13-20-46(44)58(57)66(52)35-32-55(71)72/h10-30,36,51H,8-9,31-35,37-38H2,1-7H3,(H,69,70)(H,71,72)/b23-16+,50-29+,52-24+,53-30-. The zero-order valence-electron chi connectivity index (χ0n) is 43.8. The minimum absolute atomic E-state index is 0.0368. The van der Waals surface area contributed by atoms with Crippen molar-refractivity contribution < 1.29 is 29.4 Å². The van der Waals surface area contributed by atoms with Crippen LogP contribution >= 0.6 is 24.0 Å². The van der Waals surface area contributed by atoms with E-state index in [0.717, 1.165) is 91.2 Å². The molecule has 1 atom stereocenters. The van der Waals surface area contributed by atoms with Gasteiger partial charge in [-0.15, -0.1) is 0 Å². The Morgan fingerprint density at radius 3 is 2.04 bits per heavy atom. The number of amides is 1. The van der Waals surface area contributed by atoms with Crippen LogP contribution in [0.25, 0.3) is 32.3 Å². The van der Waals surface area contributed by atoms with Gasteiger partial charge in [-0.1, -0.05) is 182 Å². The topological polar surface area (TPSA) is 122 Å². The lowest BCUT2D eigenvalue weighted by molar-refractivity contribution is -0.137. The van der Waals surface area contributed by atoms with Crippen LogP contribution in [-0.2, 0) is 41.8 Å². The van der Waals surface area contributed by atoms with Crippen molar-refractivity contribution in [2.75, 3.05) is 40.9 Å². The molecule has 12 heteroatoms. The smallest absolute Gasteiger partial charge is 0.305 e. The van der Waals surface area contributed by atoms with Crippen molar-refractivity contribution >= 4 is 101 Å². The molecule has 4 aliphatic heterocycles. The normalized spacial score (nSPS) is 20.0. The first-order valence-electron chi connectivity index (χ1n) is 26.1. The molecule has 4 aliphatic rings. The molecule has 384 valence electrons. The second-order valence-corrected chi connectivity index (χ2v) is 23.6. The highest BCUT2D eigenvalue weighted by atomic mass is 32.2. The number of Topliss-reactive ketones (excluding diaryl/α,β-unsaturated/α-hetero) is 1. The second kappa shape index (κ2) is 19.9. The maximum absolute atomic E-state index is 13.9. The van der Waals surface area contributed by atoms with E-state index in [1.807, 2.05) is 36.4 Å². The number of carbonyl (C=O) groups excluding carboxylic acids is 2. The lowest BCUT2D eigenvalue weighted by Crippen LogP contribution is -2.41. The summed E-state index contributed by atoms with van der Waals surface area (Å²) in [5, 5.41) is 26.4. The number of fused-ring (bicyclic) bond motifs is 10. The number of ketones is 1. The van der Waals surface area contributed by atoms with Crippen molar-refractivity contribution in [3.05, 3.63) is 172 Å². The van der Waals surface area contributed by atoms with Crippen molar-refractivity contribution in [2.45, 2.75) is 103 Å². The van der Waals surface area contributed by atoms with Crippen LogP contribution in [0.4, 0.5) is 17.1 Å². The third-order valence-electron chi connectivity index (χ3n) is 16.0. The number of unbranched alkanes of at least 4 members (excludes halogenated alkanes) is 1. The monoisotopic (exact) mass is 1040 g/mol. The van der Waals surface area contributed by atoms with E-state index in [1.54, 1.807) is 0 Å². The number of carbonyl (C=O) groups is 4. The van der Waals surface area contributed by atoms with Gasteiger partial charge in [0.1, 0.15) is 4.32 Å². The number of para-hydroxylation sites is 1. The third-order valence-corrected chi connectivity index (χ3v) is 17.4. The molecule has 75 heavy (non-hydrogen) atoms. The molecule has 1 unspecified atom stereocenters. The highest BCUT2D eigenvalue weighted by Crippen LogP contribution is 2.55. The molecule has 0 bridgehead atoms. The van der Waals surface area contributed by atoms with E-state index in [2.05, 4.69) is 160 Å². The molecule has 1 fully saturated rings. The molecule has 1 amide bonds. The molecule has 4 heterocycles. The summed E-state index contributed by atoms with van der Waals surface area (Å²) in [4.78, 5) is 60.7. The van der Waals surface area contributed by atoms with Gasteiger partial charge in [0.2, 0.25) is 0 Å². The number of nitrogens with zero attached hydrogens (tertiary/aromatic N) is 4. The van der Waals surface area contributed by atoms with Gasteiger partial charge in [-0.2, -0.15) is 0 Å². The first-order valence-corrected chi connectivity index (χ1v) is 27.3. The van der Waals surface area contributed by atoms with Crippen molar-refractivity contribution in [3.8, 4) is 0 Å². The highest BCUT2D eigenvalue weighted by molar-refractivity contribution is 8.26. The molecule has 0 spiro atoms. The summed E-state index contributed by atoms with van der Waals surface area (Å²) in [6.07, 6.45) is 12.4. The molecule has 0 aliphatic carbocycles. The second-order valence-electron chi connectivity index (χ2n) is 21.9. The van der Waals surface area contributed by atoms with Crippen molar-refractivity contribution in [3.63, 3.8) is 0 Å². The molecule has 10 rings (SSSR count). The van der Waals surface area contributed by atoms with Gasteiger partial charge in [-0.3, -0.25) is 24.1 Å². The number of rotatable bonds is 16. The Labute approximate surface area is 449 Å². The average Bonchev–Trinajstić information content (AvgIpc) is 3.95. The predicted octanol–water partition coefficient (Wildman–Crippen LogP) is 13.1. The molecule has 6 aromatic rings. The van der Waals surface area contributed by atoms with Crippen LogP contribution < -0.4 is 14.7 Å². The lowest BCUT2D eigenvalue weighted by Gasteiger charge is -2.32. The molecule has 0 aromatic heterocycles. The van der Waals surface area contributed by atoms with Crippen molar-refractivity contribution in [1.29, 1.82) is 0 Å².